The number of carbonyl (C=O) groups is 1. The Bertz CT molecular complexity index is 175. The first-order chi connectivity index (χ1) is 5.68. The molecule has 0 aliphatic rings. The molecule has 0 bridgehead atoms. The predicted molar refractivity (Wildman–Crippen MR) is 53.0 cm³/mol. The van der Waals surface area contributed by atoms with Crippen LogP contribution in [0.4, 0.5) is 0 Å². The van der Waals surface area contributed by atoms with E-state index in [0.29, 0.717) is 0 Å². The van der Waals surface area contributed by atoms with Crippen LogP contribution in [-0.4, -0.2) is 5.78 Å². The maximum Gasteiger partial charge on any atom is 0.158 e. The van der Waals surface area contributed by atoms with Gasteiger partial charge in [0.2, 0.25) is 0 Å². The minimum Gasteiger partial charge on any atom is -0.295 e. The van der Waals surface area contributed by atoms with Crippen LogP contribution >= 0.6 is 0 Å². The van der Waals surface area contributed by atoms with Crippen molar-refractivity contribution >= 4 is 5.78 Å². The number of carbonyl (C=O) groups excluding carboxylic acids is 1. The van der Waals surface area contributed by atoms with E-state index in [1.54, 1.807) is 6.08 Å². The Morgan fingerprint density at radius 1 is 1.33 bits per heavy atom. The molecule has 0 fully saturated rings. The number of rotatable bonds is 5. The van der Waals surface area contributed by atoms with Gasteiger partial charge in [-0.3, -0.25) is 4.79 Å². The maximum atomic E-state index is 11.1. The van der Waals surface area contributed by atoms with E-state index in [4.69, 9.17) is 0 Å². The molecule has 0 heterocycles. The van der Waals surface area contributed by atoms with E-state index in [1.165, 1.54) is 0 Å². The summed E-state index contributed by atoms with van der Waals surface area (Å²) < 4.78 is 0. The van der Waals surface area contributed by atoms with E-state index in [2.05, 4.69) is 13.0 Å². The van der Waals surface area contributed by atoms with Crippen molar-refractivity contribution < 1.29 is 4.79 Å². The van der Waals surface area contributed by atoms with Crippen molar-refractivity contribution in [3.8, 4) is 0 Å². The van der Waals surface area contributed by atoms with Crippen LogP contribution in [0.25, 0.3) is 0 Å². The van der Waals surface area contributed by atoms with Crippen LogP contribution in [0.1, 0.15) is 33.6 Å². The van der Waals surface area contributed by atoms with Gasteiger partial charge in [0.15, 0.2) is 5.78 Å². The molecular formula is C11H18O. The second kappa shape index (κ2) is 6.84. The van der Waals surface area contributed by atoms with Crippen LogP contribution in [0.15, 0.2) is 24.3 Å². The molecule has 0 radical (unpaired) electrons. The predicted octanol–water partition coefficient (Wildman–Crippen LogP) is 3.12. The largest absolute Gasteiger partial charge is 0.295 e. The molecule has 68 valence electrons. The summed E-state index contributed by atoms with van der Waals surface area (Å²) in [5.41, 5.74) is 0. The Morgan fingerprint density at radius 3 is 2.50 bits per heavy atom. The second-order valence-electron chi connectivity index (χ2n) is 3.13. The van der Waals surface area contributed by atoms with Gasteiger partial charge in [-0.1, -0.05) is 45.4 Å². The van der Waals surface area contributed by atoms with Gasteiger partial charge in [-0.2, -0.15) is 0 Å². The normalized spacial score (nSPS) is 12.0. The van der Waals surface area contributed by atoms with Crippen LogP contribution < -0.4 is 0 Å². The van der Waals surface area contributed by atoms with Gasteiger partial charge in [-0.25, -0.2) is 0 Å². The van der Waals surface area contributed by atoms with Crippen molar-refractivity contribution in [1.82, 2.24) is 0 Å². The molecule has 0 saturated carbocycles. The average molecular weight is 166 g/mol. The molecule has 0 amide bonds. The van der Waals surface area contributed by atoms with Gasteiger partial charge in [0.25, 0.3) is 0 Å². The van der Waals surface area contributed by atoms with Crippen molar-refractivity contribution in [2.24, 2.45) is 5.92 Å². The zero-order chi connectivity index (χ0) is 9.40. The Morgan fingerprint density at radius 2 is 2.00 bits per heavy atom. The topological polar surface area (TPSA) is 17.1 Å². The van der Waals surface area contributed by atoms with Gasteiger partial charge in [0, 0.05) is 5.92 Å². The van der Waals surface area contributed by atoms with Crippen molar-refractivity contribution in [3.63, 3.8) is 0 Å². The lowest BCUT2D eigenvalue weighted by Gasteiger charge is -1.94. The summed E-state index contributed by atoms with van der Waals surface area (Å²) in [6.07, 6.45) is 9.70. The fourth-order valence-corrected chi connectivity index (χ4v) is 0.684. The number of unbranched alkanes of at least 4 members (excludes halogenated alkanes) is 1. The third-order valence-corrected chi connectivity index (χ3v) is 1.53. The fraction of sp³-hybridized carbons (Fsp3) is 0.545. The van der Waals surface area contributed by atoms with E-state index in [1.807, 2.05) is 26.0 Å². The first kappa shape index (κ1) is 11.2. The van der Waals surface area contributed by atoms with Crippen molar-refractivity contribution in [2.75, 3.05) is 0 Å². The monoisotopic (exact) mass is 166 g/mol. The van der Waals surface area contributed by atoms with E-state index in [-0.39, 0.29) is 11.7 Å². The molecule has 12 heavy (non-hydrogen) atoms. The molecule has 1 heteroatoms. The lowest BCUT2D eigenvalue weighted by Crippen LogP contribution is -2.01. The van der Waals surface area contributed by atoms with Crippen molar-refractivity contribution in [3.05, 3.63) is 24.3 Å². The molecule has 0 unspecified atom stereocenters. The van der Waals surface area contributed by atoms with Crippen LogP contribution in [-0.2, 0) is 4.79 Å². The van der Waals surface area contributed by atoms with Gasteiger partial charge in [-0.05, 0) is 12.5 Å². The quantitative estimate of drug-likeness (QED) is 0.453. The van der Waals surface area contributed by atoms with E-state index in [0.717, 1.165) is 12.8 Å². The van der Waals surface area contributed by atoms with Crippen LogP contribution in [0.5, 0.6) is 0 Å². The lowest BCUT2D eigenvalue weighted by molar-refractivity contribution is -0.117. The molecule has 0 aliphatic carbocycles. The number of ketones is 1. The highest BCUT2D eigenvalue weighted by Gasteiger charge is 1.99. The van der Waals surface area contributed by atoms with Gasteiger partial charge in [-0.15, -0.1) is 0 Å². The number of allylic oxidation sites excluding steroid dienone is 4. The molecule has 0 aromatic heterocycles. The summed E-state index contributed by atoms with van der Waals surface area (Å²) in [6, 6.07) is 0. The van der Waals surface area contributed by atoms with Crippen LogP contribution in [0, 0.1) is 5.92 Å². The molecule has 0 atom stereocenters. The summed E-state index contributed by atoms with van der Waals surface area (Å²) in [7, 11) is 0. The Hall–Kier alpha value is -0.850. The smallest absolute Gasteiger partial charge is 0.158 e. The highest BCUT2D eigenvalue weighted by Crippen LogP contribution is 1.95. The Balaban J connectivity index is 3.68. The molecule has 0 rings (SSSR count). The van der Waals surface area contributed by atoms with Crippen LogP contribution in [0.3, 0.4) is 0 Å². The lowest BCUT2D eigenvalue weighted by atomic mass is 10.1. The van der Waals surface area contributed by atoms with Crippen molar-refractivity contribution in [1.29, 1.82) is 0 Å². The standard InChI is InChI=1S/C11H18O/c1-4-5-6-7-8-9-11(12)10(2)3/h6-10H,4-5H2,1-3H3/b7-6+,9-8-. The number of hydrogen-bond donors (Lipinski definition) is 0. The molecule has 0 saturated heterocycles. The zero-order valence-corrected chi connectivity index (χ0v) is 8.21. The van der Waals surface area contributed by atoms with Gasteiger partial charge < -0.3 is 0 Å². The van der Waals surface area contributed by atoms with Gasteiger partial charge >= 0.3 is 0 Å². The third kappa shape index (κ3) is 5.90. The molecule has 0 spiro atoms. The van der Waals surface area contributed by atoms with Crippen LogP contribution in [0.2, 0.25) is 0 Å². The van der Waals surface area contributed by atoms with E-state index in [9.17, 15) is 4.79 Å². The molecule has 0 N–H and O–H groups in total. The zero-order valence-electron chi connectivity index (χ0n) is 8.21. The maximum absolute atomic E-state index is 11.1. The molecular weight excluding hydrogens is 148 g/mol. The third-order valence-electron chi connectivity index (χ3n) is 1.53. The first-order valence-electron chi connectivity index (χ1n) is 4.55. The summed E-state index contributed by atoms with van der Waals surface area (Å²) in [5, 5.41) is 0. The van der Waals surface area contributed by atoms with E-state index < -0.39 is 0 Å². The minimum absolute atomic E-state index is 0.112. The van der Waals surface area contributed by atoms with Gasteiger partial charge in [0.05, 0.1) is 0 Å². The fourth-order valence-electron chi connectivity index (χ4n) is 0.684. The highest BCUT2D eigenvalue weighted by atomic mass is 16.1. The average Bonchev–Trinajstić information content (AvgIpc) is 2.03. The summed E-state index contributed by atoms with van der Waals surface area (Å²) in [5.74, 6) is 0.303. The highest BCUT2D eigenvalue weighted by molar-refractivity contribution is 5.91. The van der Waals surface area contributed by atoms with Gasteiger partial charge in [0.1, 0.15) is 0 Å². The SMILES string of the molecule is CCC/C=C/C=C\C(=O)C(C)C. The Kier molecular flexibility index (Phi) is 6.35. The molecule has 0 aromatic carbocycles. The van der Waals surface area contributed by atoms with E-state index >= 15 is 0 Å². The summed E-state index contributed by atoms with van der Waals surface area (Å²) in [6.45, 7) is 5.94. The molecule has 1 nitrogen and oxygen atoms in total. The summed E-state index contributed by atoms with van der Waals surface area (Å²) >= 11 is 0. The summed E-state index contributed by atoms with van der Waals surface area (Å²) in [4.78, 5) is 11.1. The Labute approximate surface area is 75.2 Å². The first-order valence-corrected chi connectivity index (χ1v) is 4.55. The van der Waals surface area contributed by atoms with Crippen molar-refractivity contribution in [2.45, 2.75) is 33.6 Å². The molecule has 0 aliphatic heterocycles. The second-order valence-corrected chi connectivity index (χ2v) is 3.13. The number of hydrogen-bond acceptors (Lipinski definition) is 1. The molecule has 0 aromatic rings. The minimum atomic E-state index is 0.112.